The minimum Gasteiger partial charge on any atom is -0.476 e. The van der Waals surface area contributed by atoms with Crippen molar-refractivity contribution in [2.24, 2.45) is 0 Å². The lowest BCUT2D eigenvalue weighted by molar-refractivity contribution is 0.331. The largest absolute Gasteiger partial charge is 0.476 e. The smallest absolute Gasteiger partial charge is 0.247 e. The molecule has 0 unspecified atom stereocenters. The van der Waals surface area contributed by atoms with Crippen LogP contribution in [0.1, 0.15) is 6.92 Å². The van der Waals surface area contributed by atoms with Crippen LogP contribution in [0.4, 0.5) is 5.95 Å². The first-order valence-electron chi connectivity index (χ1n) is 4.82. The third-order valence-electron chi connectivity index (χ3n) is 1.89. The molecule has 2 heterocycles. The van der Waals surface area contributed by atoms with Crippen molar-refractivity contribution >= 4 is 17.1 Å². The van der Waals surface area contributed by atoms with Gasteiger partial charge >= 0.3 is 0 Å². The van der Waals surface area contributed by atoms with E-state index in [1.807, 2.05) is 6.92 Å². The third kappa shape index (κ3) is 1.70. The van der Waals surface area contributed by atoms with E-state index >= 15 is 0 Å². The Kier molecular flexibility index (Phi) is 2.73. The number of nitrogen functional groups attached to an aromatic ring is 1. The predicted octanol–water partition coefficient (Wildman–Crippen LogP) is -0.515. The Hall–Kier alpha value is -2.09. The van der Waals surface area contributed by atoms with Gasteiger partial charge in [-0.2, -0.15) is 9.97 Å². The van der Waals surface area contributed by atoms with Crippen molar-refractivity contribution in [1.29, 1.82) is 0 Å². The number of nitrogens with two attached hydrogens (primary N) is 1. The number of hydrogen-bond donors (Lipinski definition) is 3. The predicted molar refractivity (Wildman–Crippen MR) is 59.3 cm³/mol. The van der Waals surface area contributed by atoms with Gasteiger partial charge in [0.15, 0.2) is 11.2 Å². The molecule has 0 aliphatic carbocycles. The third-order valence-corrected chi connectivity index (χ3v) is 1.89. The molecule has 2 aromatic rings. The highest BCUT2D eigenvalue weighted by molar-refractivity contribution is 5.77. The van der Waals surface area contributed by atoms with Crippen LogP contribution in [0.2, 0.25) is 0 Å². The standard InChI is InChI=1S/C8H13N7O/c1-3-16-7-5-6(12-8(9)13-7)15(4-11-5)14-10-2/h4,10,14H,3H2,1-2H3,(H2,9,12,13). The van der Waals surface area contributed by atoms with E-state index in [1.165, 1.54) is 0 Å². The summed E-state index contributed by atoms with van der Waals surface area (Å²) in [6.45, 7) is 2.37. The van der Waals surface area contributed by atoms with Crippen LogP contribution in [0.15, 0.2) is 6.33 Å². The summed E-state index contributed by atoms with van der Waals surface area (Å²) in [6.07, 6.45) is 1.57. The van der Waals surface area contributed by atoms with E-state index in [-0.39, 0.29) is 5.95 Å². The summed E-state index contributed by atoms with van der Waals surface area (Å²) in [7, 11) is 1.74. The second-order valence-corrected chi connectivity index (χ2v) is 2.97. The fraction of sp³-hybridized carbons (Fsp3) is 0.375. The minimum atomic E-state index is 0.149. The van der Waals surface area contributed by atoms with Gasteiger partial charge in [-0.1, -0.05) is 0 Å². The number of rotatable bonds is 4. The Morgan fingerprint density at radius 1 is 1.50 bits per heavy atom. The fourth-order valence-corrected chi connectivity index (χ4v) is 1.33. The van der Waals surface area contributed by atoms with Crippen molar-refractivity contribution in [3.63, 3.8) is 0 Å². The van der Waals surface area contributed by atoms with E-state index in [9.17, 15) is 0 Å². The Morgan fingerprint density at radius 3 is 3.00 bits per heavy atom. The SMILES string of the molecule is CCOc1nc(N)nc2c1ncn2NNC. The second-order valence-electron chi connectivity index (χ2n) is 2.97. The maximum atomic E-state index is 5.59. The normalized spacial score (nSPS) is 10.6. The summed E-state index contributed by atoms with van der Waals surface area (Å²) in [5.74, 6) is 0.539. The van der Waals surface area contributed by atoms with Crippen LogP contribution in [-0.2, 0) is 0 Å². The summed E-state index contributed by atoms with van der Waals surface area (Å²) in [6, 6.07) is 0. The van der Waals surface area contributed by atoms with Crippen LogP contribution in [0.25, 0.3) is 11.2 Å². The van der Waals surface area contributed by atoms with Gasteiger partial charge in [0.1, 0.15) is 6.33 Å². The van der Waals surface area contributed by atoms with Gasteiger partial charge in [-0.15, -0.1) is 0 Å². The first kappa shape index (κ1) is 10.4. The Balaban J connectivity index is 2.56. The first-order chi connectivity index (χ1) is 7.76. The highest BCUT2D eigenvalue weighted by Gasteiger charge is 2.12. The Morgan fingerprint density at radius 2 is 2.31 bits per heavy atom. The molecule has 0 radical (unpaired) electrons. The summed E-state index contributed by atoms with van der Waals surface area (Å²) < 4.78 is 6.93. The van der Waals surface area contributed by atoms with Crippen molar-refractivity contribution in [2.45, 2.75) is 6.92 Å². The highest BCUT2D eigenvalue weighted by Crippen LogP contribution is 2.20. The van der Waals surface area contributed by atoms with E-state index in [4.69, 9.17) is 10.5 Å². The lowest BCUT2D eigenvalue weighted by Gasteiger charge is -2.06. The molecule has 0 aromatic carbocycles. The number of nitrogens with zero attached hydrogens (tertiary/aromatic N) is 4. The second kappa shape index (κ2) is 4.19. The molecule has 0 aliphatic heterocycles. The van der Waals surface area contributed by atoms with Gasteiger partial charge in [-0.05, 0) is 6.92 Å². The van der Waals surface area contributed by atoms with Crippen LogP contribution in [0, 0.1) is 0 Å². The quantitative estimate of drug-likeness (QED) is 0.599. The topological polar surface area (TPSA) is 103 Å². The van der Waals surface area contributed by atoms with Crippen molar-refractivity contribution < 1.29 is 4.74 Å². The highest BCUT2D eigenvalue weighted by atomic mass is 16.5. The molecule has 0 atom stereocenters. The number of hydrazine groups is 1. The molecule has 8 heteroatoms. The molecule has 2 aromatic heterocycles. The Labute approximate surface area is 91.8 Å². The first-order valence-corrected chi connectivity index (χ1v) is 4.82. The number of ether oxygens (including phenoxy) is 1. The zero-order valence-corrected chi connectivity index (χ0v) is 9.06. The number of fused-ring (bicyclic) bond motifs is 1. The number of imidazole rings is 1. The minimum absolute atomic E-state index is 0.149. The molecule has 0 fully saturated rings. The number of anilines is 1. The van der Waals surface area contributed by atoms with Crippen LogP contribution in [0.3, 0.4) is 0 Å². The van der Waals surface area contributed by atoms with Gasteiger partial charge in [-0.25, -0.2) is 15.1 Å². The van der Waals surface area contributed by atoms with Crippen molar-refractivity contribution in [2.75, 3.05) is 24.9 Å². The fourth-order valence-electron chi connectivity index (χ4n) is 1.33. The molecule has 8 nitrogen and oxygen atoms in total. The number of nitrogens with one attached hydrogen (secondary N) is 2. The van der Waals surface area contributed by atoms with Gasteiger partial charge in [0.05, 0.1) is 6.61 Å². The lowest BCUT2D eigenvalue weighted by atomic mass is 10.5. The zero-order chi connectivity index (χ0) is 11.5. The molecule has 16 heavy (non-hydrogen) atoms. The molecule has 0 bridgehead atoms. The van der Waals surface area contributed by atoms with Gasteiger partial charge in [-0.3, -0.25) is 5.53 Å². The number of hydrogen-bond acceptors (Lipinski definition) is 7. The molecular formula is C8H13N7O. The molecule has 0 saturated heterocycles. The molecule has 2 rings (SSSR count). The average molecular weight is 223 g/mol. The summed E-state index contributed by atoms with van der Waals surface area (Å²) in [5, 5.41) is 0. The van der Waals surface area contributed by atoms with E-state index < -0.39 is 0 Å². The Bertz CT molecular complexity index is 494. The van der Waals surface area contributed by atoms with E-state index in [0.717, 1.165) is 0 Å². The van der Waals surface area contributed by atoms with Gasteiger partial charge in [0.2, 0.25) is 11.8 Å². The van der Waals surface area contributed by atoms with Gasteiger partial charge in [0, 0.05) is 7.05 Å². The van der Waals surface area contributed by atoms with Gasteiger partial charge < -0.3 is 10.5 Å². The molecule has 86 valence electrons. The monoisotopic (exact) mass is 223 g/mol. The number of aromatic nitrogens is 4. The summed E-state index contributed by atoms with van der Waals surface area (Å²) >= 11 is 0. The van der Waals surface area contributed by atoms with Crippen LogP contribution >= 0.6 is 0 Å². The van der Waals surface area contributed by atoms with Crippen molar-refractivity contribution in [3.05, 3.63) is 6.33 Å². The maximum Gasteiger partial charge on any atom is 0.247 e. The molecule has 4 N–H and O–H groups in total. The van der Waals surface area contributed by atoms with Crippen molar-refractivity contribution in [3.8, 4) is 5.88 Å². The molecule has 0 amide bonds. The molecule has 0 saturated carbocycles. The van der Waals surface area contributed by atoms with E-state index in [1.54, 1.807) is 18.1 Å². The molecule has 0 aliphatic rings. The lowest BCUT2D eigenvalue weighted by Crippen LogP contribution is -2.25. The zero-order valence-electron chi connectivity index (χ0n) is 9.06. The summed E-state index contributed by atoms with van der Waals surface area (Å²) in [4.78, 5) is 12.2. The van der Waals surface area contributed by atoms with E-state index in [2.05, 4.69) is 25.9 Å². The maximum absolute atomic E-state index is 5.59. The average Bonchev–Trinajstić information content (AvgIpc) is 2.63. The van der Waals surface area contributed by atoms with Crippen LogP contribution in [-0.4, -0.2) is 33.3 Å². The summed E-state index contributed by atoms with van der Waals surface area (Å²) in [5.41, 5.74) is 12.3. The van der Waals surface area contributed by atoms with Crippen LogP contribution < -0.4 is 21.4 Å². The molecule has 0 spiro atoms. The van der Waals surface area contributed by atoms with E-state index in [0.29, 0.717) is 23.7 Å². The van der Waals surface area contributed by atoms with Gasteiger partial charge in [0.25, 0.3) is 0 Å². The van der Waals surface area contributed by atoms with Crippen LogP contribution in [0.5, 0.6) is 5.88 Å². The molecular weight excluding hydrogens is 210 g/mol. The van der Waals surface area contributed by atoms with Crippen molar-refractivity contribution in [1.82, 2.24) is 25.1 Å².